The van der Waals surface area contributed by atoms with Gasteiger partial charge in [0.2, 0.25) is 0 Å². The normalized spacial score (nSPS) is 24.1. The first-order chi connectivity index (χ1) is 8.13. The van der Waals surface area contributed by atoms with E-state index < -0.39 is 5.56 Å². The van der Waals surface area contributed by atoms with E-state index in [-0.39, 0.29) is 17.5 Å². The van der Waals surface area contributed by atoms with Gasteiger partial charge in [-0.3, -0.25) is 14.3 Å². The number of aromatic amines is 1. The van der Waals surface area contributed by atoms with E-state index in [9.17, 15) is 9.59 Å². The van der Waals surface area contributed by atoms with Gasteiger partial charge in [0.05, 0.1) is 6.04 Å². The van der Waals surface area contributed by atoms with E-state index in [0.29, 0.717) is 5.25 Å². The summed E-state index contributed by atoms with van der Waals surface area (Å²) in [4.78, 5) is 25.2. The van der Waals surface area contributed by atoms with E-state index in [2.05, 4.69) is 11.9 Å². The molecular formula is C11H17N3O2S. The fraction of sp³-hybridized carbons (Fsp3) is 0.636. The van der Waals surface area contributed by atoms with E-state index in [1.165, 1.54) is 6.07 Å². The third-order valence-corrected chi connectivity index (χ3v) is 4.45. The van der Waals surface area contributed by atoms with Crippen molar-refractivity contribution in [3.63, 3.8) is 0 Å². The van der Waals surface area contributed by atoms with Crippen molar-refractivity contribution < 1.29 is 0 Å². The number of nitrogen functional groups attached to an aromatic ring is 1. The van der Waals surface area contributed by atoms with E-state index >= 15 is 0 Å². The van der Waals surface area contributed by atoms with Gasteiger partial charge in [0.15, 0.2) is 0 Å². The van der Waals surface area contributed by atoms with Gasteiger partial charge in [-0.05, 0) is 18.6 Å². The molecule has 94 valence electrons. The van der Waals surface area contributed by atoms with Gasteiger partial charge in [0.25, 0.3) is 5.56 Å². The number of nitrogens with zero attached hydrogens (tertiary/aromatic N) is 1. The second-order valence-corrected chi connectivity index (χ2v) is 5.74. The number of nitrogens with two attached hydrogens (primary N) is 1. The van der Waals surface area contributed by atoms with Crippen molar-refractivity contribution in [2.24, 2.45) is 0 Å². The number of hydrogen-bond donors (Lipinski definition) is 2. The summed E-state index contributed by atoms with van der Waals surface area (Å²) >= 11 is 1.86. The highest BCUT2D eigenvalue weighted by Gasteiger charge is 2.30. The first-order valence-electron chi connectivity index (χ1n) is 5.86. The molecular weight excluding hydrogens is 238 g/mol. The smallest absolute Gasteiger partial charge is 0.330 e. The number of aromatic nitrogens is 2. The van der Waals surface area contributed by atoms with Crippen LogP contribution in [0.4, 0.5) is 5.82 Å². The third kappa shape index (κ3) is 2.41. The summed E-state index contributed by atoms with van der Waals surface area (Å²) in [6.07, 6.45) is 3.16. The molecule has 1 aliphatic rings. The highest BCUT2D eigenvalue weighted by Crippen LogP contribution is 2.38. The van der Waals surface area contributed by atoms with Gasteiger partial charge in [-0.2, -0.15) is 11.8 Å². The molecule has 0 saturated heterocycles. The van der Waals surface area contributed by atoms with Crippen molar-refractivity contribution >= 4 is 17.6 Å². The fourth-order valence-corrected chi connectivity index (χ4v) is 3.72. The first kappa shape index (κ1) is 12.3. The number of anilines is 1. The average Bonchev–Trinajstić information content (AvgIpc) is 2.65. The predicted octanol–water partition coefficient (Wildman–Crippen LogP) is 0.966. The lowest BCUT2D eigenvalue weighted by atomic mass is 10.2. The van der Waals surface area contributed by atoms with E-state index in [4.69, 9.17) is 5.73 Å². The van der Waals surface area contributed by atoms with E-state index in [1.807, 2.05) is 11.8 Å². The summed E-state index contributed by atoms with van der Waals surface area (Å²) in [6, 6.07) is 1.40. The molecule has 3 N–H and O–H groups in total. The number of thioether (sulfide) groups is 1. The average molecular weight is 255 g/mol. The second kappa shape index (κ2) is 5.00. The van der Waals surface area contributed by atoms with Gasteiger partial charge in [-0.1, -0.05) is 13.3 Å². The van der Waals surface area contributed by atoms with Crippen LogP contribution in [0, 0.1) is 0 Å². The predicted molar refractivity (Wildman–Crippen MR) is 70.5 cm³/mol. The Labute approximate surface area is 103 Å². The SMILES string of the molecule is CCSC1CCCC1n1c(N)cc(=O)[nH]c1=O. The lowest BCUT2D eigenvalue weighted by molar-refractivity contribution is 0.507. The molecule has 0 bridgehead atoms. The zero-order valence-electron chi connectivity index (χ0n) is 9.81. The second-order valence-electron chi connectivity index (χ2n) is 4.23. The number of rotatable bonds is 3. The largest absolute Gasteiger partial charge is 0.385 e. The Hall–Kier alpha value is -1.17. The summed E-state index contributed by atoms with van der Waals surface area (Å²) < 4.78 is 1.54. The molecule has 1 fully saturated rings. The Morgan fingerprint density at radius 1 is 1.53 bits per heavy atom. The van der Waals surface area contributed by atoms with Crippen LogP contribution < -0.4 is 17.0 Å². The standard InChI is InChI=1S/C11H17N3O2S/c1-2-17-8-5-3-4-7(8)14-9(12)6-10(15)13-11(14)16/h6-8H,2-5,12H2,1H3,(H,13,15,16). The van der Waals surface area contributed by atoms with Crippen LogP contribution in [-0.2, 0) is 0 Å². The zero-order chi connectivity index (χ0) is 12.4. The molecule has 0 radical (unpaired) electrons. The molecule has 6 heteroatoms. The maximum absolute atomic E-state index is 11.8. The van der Waals surface area contributed by atoms with E-state index in [1.54, 1.807) is 4.57 Å². The molecule has 2 atom stereocenters. The van der Waals surface area contributed by atoms with Crippen LogP contribution in [-0.4, -0.2) is 20.6 Å². The fourth-order valence-electron chi connectivity index (χ4n) is 2.48. The quantitative estimate of drug-likeness (QED) is 0.843. The van der Waals surface area contributed by atoms with Gasteiger partial charge >= 0.3 is 5.69 Å². The van der Waals surface area contributed by atoms with Crippen LogP contribution in [0.5, 0.6) is 0 Å². The summed E-state index contributed by atoms with van der Waals surface area (Å²) in [7, 11) is 0. The molecule has 1 heterocycles. The Bertz CT molecular complexity index is 508. The van der Waals surface area contributed by atoms with Crippen LogP contribution in [0.2, 0.25) is 0 Å². The van der Waals surface area contributed by atoms with Crippen LogP contribution in [0.25, 0.3) is 0 Å². The van der Waals surface area contributed by atoms with Gasteiger partial charge in [0, 0.05) is 11.3 Å². The van der Waals surface area contributed by atoms with Gasteiger partial charge in [-0.25, -0.2) is 4.79 Å². The summed E-state index contributed by atoms with van der Waals surface area (Å²) in [5, 5.41) is 0.422. The molecule has 1 aliphatic carbocycles. The van der Waals surface area contributed by atoms with Crippen molar-refractivity contribution in [1.29, 1.82) is 0 Å². The Morgan fingerprint density at radius 3 is 2.94 bits per heavy atom. The maximum Gasteiger partial charge on any atom is 0.330 e. The minimum atomic E-state index is -0.429. The monoisotopic (exact) mass is 255 g/mol. The Morgan fingerprint density at radius 2 is 2.29 bits per heavy atom. The number of nitrogens with one attached hydrogen (secondary N) is 1. The van der Waals surface area contributed by atoms with Gasteiger partial charge < -0.3 is 5.73 Å². The lowest BCUT2D eigenvalue weighted by Crippen LogP contribution is -2.35. The van der Waals surface area contributed by atoms with Crippen LogP contribution in [0.1, 0.15) is 32.2 Å². The summed E-state index contributed by atoms with van der Waals surface area (Å²) in [5.74, 6) is 1.30. The minimum absolute atomic E-state index is 0.115. The molecule has 17 heavy (non-hydrogen) atoms. The Balaban J connectivity index is 2.40. The molecule has 1 aromatic heterocycles. The topological polar surface area (TPSA) is 80.9 Å². The van der Waals surface area contributed by atoms with Crippen molar-refractivity contribution in [2.75, 3.05) is 11.5 Å². The highest BCUT2D eigenvalue weighted by molar-refractivity contribution is 7.99. The van der Waals surface area contributed by atoms with Crippen LogP contribution in [0.15, 0.2) is 15.7 Å². The number of hydrogen-bond acceptors (Lipinski definition) is 4. The molecule has 5 nitrogen and oxygen atoms in total. The third-order valence-electron chi connectivity index (χ3n) is 3.14. The zero-order valence-corrected chi connectivity index (χ0v) is 10.6. The molecule has 0 spiro atoms. The lowest BCUT2D eigenvalue weighted by Gasteiger charge is -2.22. The minimum Gasteiger partial charge on any atom is -0.385 e. The van der Waals surface area contributed by atoms with Crippen molar-refractivity contribution in [1.82, 2.24) is 9.55 Å². The van der Waals surface area contributed by atoms with Crippen molar-refractivity contribution in [3.05, 3.63) is 26.9 Å². The number of H-pyrrole nitrogens is 1. The molecule has 2 rings (SSSR count). The van der Waals surface area contributed by atoms with Gasteiger partial charge in [-0.15, -0.1) is 0 Å². The van der Waals surface area contributed by atoms with Crippen LogP contribution in [0.3, 0.4) is 0 Å². The van der Waals surface area contributed by atoms with Crippen molar-refractivity contribution in [3.8, 4) is 0 Å². The van der Waals surface area contributed by atoms with Crippen molar-refractivity contribution in [2.45, 2.75) is 37.5 Å². The highest BCUT2D eigenvalue weighted by atomic mass is 32.2. The molecule has 0 amide bonds. The molecule has 2 unspecified atom stereocenters. The molecule has 0 aliphatic heterocycles. The summed E-state index contributed by atoms with van der Waals surface area (Å²) in [6.45, 7) is 2.11. The summed E-state index contributed by atoms with van der Waals surface area (Å²) in [5.41, 5.74) is 4.98. The molecule has 0 aromatic carbocycles. The van der Waals surface area contributed by atoms with Crippen LogP contribution >= 0.6 is 11.8 Å². The van der Waals surface area contributed by atoms with E-state index in [0.717, 1.165) is 25.0 Å². The van der Waals surface area contributed by atoms with Gasteiger partial charge in [0.1, 0.15) is 5.82 Å². The molecule has 1 aromatic rings. The maximum atomic E-state index is 11.8. The first-order valence-corrected chi connectivity index (χ1v) is 6.91. The molecule has 1 saturated carbocycles. The Kier molecular flexibility index (Phi) is 3.61.